The summed E-state index contributed by atoms with van der Waals surface area (Å²) in [6.45, 7) is 1.96. The summed E-state index contributed by atoms with van der Waals surface area (Å²) in [5, 5.41) is 9.55. The molecule has 110 valence electrons. The third-order valence-electron chi connectivity index (χ3n) is 3.63. The van der Waals surface area contributed by atoms with Gasteiger partial charge in [-0.05, 0) is 29.2 Å². The smallest absolute Gasteiger partial charge is 0.311 e. The van der Waals surface area contributed by atoms with Crippen molar-refractivity contribution in [1.82, 2.24) is 0 Å². The van der Waals surface area contributed by atoms with E-state index in [2.05, 4.69) is 0 Å². The first-order valence-electron chi connectivity index (χ1n) is 7.02. The van der Waals surface area contributed by atoms with Gasteiger partial charge in [-0.2, -0.15) is 0 Å². The Morgan fingerprint density at radius 1 is 1.14 bits per heavy atom. The van der Waals surface area contributed by atoms with Crippen molar-refractivity contribution in [2.24, 2.45) is 0 Å². The monoisotopic (exact) mass is 284 g/mol. The van der Waals surface area contributed by atoms with E-state index in [-0.39, 0.29) is 0 Å². The van der Waals surface area contributed by atoms with E-state index in [0.29, 0.717) is 23.4 Å². The predicted molar refractivity (Wildman–Crippen MR) is 86.0 cm³/mol. The van der Waals surface area contributed by atoms with Crippen LogP contribution in [-0.2, 0) is 4.79 Å². The molecule has 0 spiro atoms. The van der Waals surface area contributed by atoms with Crippen molar-refractivity contribution in [3.05, 3.63) is 48.0 Å². The fourth-order valence-electron chi connectivity index (χ4n) is 2.58. The van der Waals surface area contributed by atoms with Crippen LogP contribution in [0.15, 0.2) is 42.5 Å². The lowest BCUT2D eigenvalue weighted by Gasteiger charge is -2.20. The molecular formula is C17H20N2O2. The molecule has 0 amide bonds. The summed E-state index contributed by atoms with van der Waals surface area (Å²) in [6, 6.07) is 13.2. The lowest BCUT2D eigenvalue weighted by atomic mass is 9.86. The first kappa shape index (κ1) is 14.9. The zero-order chi connectivity index (χ0) is 15.4. The van der Waals surface area contributed by atoms with Crippen LogP contribution in [0.2, 0.25) is 0 Å². The van der Waals surface area contributed by atoms with Crippen LogP contribution >= 0.6 is 0 Å². The predicted octanol–water partition coefficient (Wildman–Crippen LogP) is 3.49. The van der Waals surface area contributed by atoms with E-state index in [1.807, 2.05) is 43.3 Å². The summed E-state index contributed by atoms with van der Waals surface area (Å²) in [4.78, 5) is 11.6. The number of rotatable bonds is 5. The van der Waals surface area contributed by atoms with E-state index in [9.17, 15) is 9.90 Å². The second-order valence-corrected chi connectivity index (χ2v) is 5.08. The van der Waals surface area contributed by atoms with Gasteiger partial charge in [0.05, 0.1) is 17.3 Å². The molecule has 0 aliphatic carbocycles. The highest BCUT2D eigenvalue weighted by molar-refractivity contribution is 5.88. The first-order valence-corrected chi connectivity index (χ1v) is 7.02. The Kier molecular flexibility index (Phi) is 4.48. The zero-order valence-corrected chi connectivity index (χ0v) is 12.0. The quantitative estimate of drug-likeness (QED) is 0.733. The Morgan fingerprint density at radius 2 is 1.81 bits per heavy atom. The number of carbonyl (C=O) groups is 1. The molecule has 0 aliphatic heterocycles. The molecule has 5 N–H and O–H groups in total. The Balaban J connectivity index is 2.67. The van der Waals surface area contributed by atoms with Gasteiger partial charge in [0.25, 0.3) is 0 Å². The van der Waals surface area contributed by atoms with Gasteiger partial charge in [-0.3, -0.25) is 4.79 Å². The van der Waals surface area contributed by atoms with E-state index in [0.717, 1.165) is 17.5 Å². The van der Waals surface area contributed by atoms with Crippen LogP contribution in [0.25, 0.3) is 11.1 Å². The van der Waals surface area contributed by atoms with Crippen LogP contribution < -0.4 is 11.5 Å². The number of hydrogen-bond donors (Lipinski definition) is 3. The van der Waals surface area contributed by atoms with Crippen LogP contribution in [0.5, 0.6) is 0 Å². The van der Waals surface area contributed by atoms with Crippen molar-refractivity contribution in [1.29, 1.82) is 0 Å². The molecule has 0 radical (unpaired) electrons. The summed E-state index contributed by atoms with van der Waals surface area (Å²) in [6.07, 6.45) is 1.29. The van der Waals surface area contributed by atoms with Crippen molar-refractivity contribution in [3.63, 3.8) is 0 Å². The Hall–Kier alpha value is -2.49. The van der Waals surface area contributed by atoms with Crippen molar-refractivity contribution >= 4 is 17.3 Å². The van der Waals surface area contributed by atoms with Gasteiger partial charge < -0.3 is 16.6 Å². The van der Waals surface area contributed by atoms with Gasteiger partial charge in [0.2, 0.25) is 0 Å². The number of nitrogen functional groups attached to an aromatic ring is 2. The van der Waals surface area contributed by atoms with Gasteiger partial charge in [0.1, 0.15) is 0 Å². The van der Waals surface area contributed by atoms with Crippen molar-refractivity contribution < 1.29 is 9.90 Å². The number of carboxylic acid groups (broad SMARTS) is 1. The lowest BCUT2D eigenvalue weighted by Crippen LogP contribution is -2.15. The molecule has 21 heavy (non-hydrogen) atoms. The minimum atomic E-state index is -0.869. The molecule has 2 rings (SSSR count). The molecule has 2 aromatic carbocycles. The van der Waals surface area contributed by atoms with E-state index in [1.165, 1.54) is 0 Å². The van der Waals surface area contributed by atoms with Gasteiger partial charge in [-0.15, -0.1) is 0 Å². The largest absolute Gasteiger partial charge is 0.481 e. The summed E-state index contributed by atoms with van der Waals surface area (Å²) in [7, 11) is 0. The topological polar surface area (TPSA) is 89.3 Å². The normalized spacial score (nSPS) is 12.0. The minimum absolute atomic E-state index is 0.372. The maximum absolute atomic E-state index is 11.6. The molecule has 0 aromatic heterocycles. The van der Waals surface area contributed by atoms with E-state index in [1.54, 1.807) is 6.07 Å². The number of anilines is 2. The SMILES string of the molecule is CCCC(C(=O)O)c1c(-c2ccccc2)ccc(N)c1N. The summed E-state index contributed by atoms with van der Waals surface area (Å²) < 4.78 is 0. The molecule has 0 heterocycles. The number of hydrogen-bond acceptors (Lipinski definition) is 3. The van der Waals surface area contributed by atoms with Crippen molar-refractivity contribution in [2.75, 3.05) is 11.5 Å². The molecule has 1 atom stereocenters. The molecule has 0 fully saturated rings. The molecule has 0 saturated carbocycles. The minimum Gasteiger partial charge on any atom is -0.481 e. The van der Waals surface area contributed by atoms with Gasteiger partial charge in [0, 0.05) is 0 Å². The van der Waals surface area contributed by atoms with E-state index < -0.39 is 11.9 Å². The summed E-state index contributed by atoms with van der Waals surface area (Å²) in [5.41, 5.74) is 15.2. The molecule has 4 nitrogen and oxygen atoms in total. The van der Waals surface area contributed by atoms with Gasteiger partial charge >= 0.3 is 5.97 Å². The van der Waals surface area contributed by atoms with Crippen molar-refractivity contribution in [2.45, 2.75) is 25.7 Å². The highest BCUT2D eigenvalue weighted by Gasteiger charge is 2.25. The van der Waals surface area contributed by atoms with E-state index >= 15 is 0 Å². The fraction of sp³-hybridized carbons (Fsp3) is 0.235. The second-order valence-electron chi connectivity index (χ2n) is 5.08. The number of nitrogens with two attached hydrogens (primary N) is 2. The van der Waals surface area contributed by atoms with Crippen LogP contribution in [0.4, 0.5) is 11.4 Å². The highest BCUT2D eigenvalue weighted by Crippen LogP contribution is 2.38. The average molecular weight is 284 g/mol. The molecule has 0 aliphatic rings. The summed E-state index contributed by atoms with van der Waals surface area (Å²) >= 11 is 0. The maximum Gasteiger partial charge on any atom is 0.311 e. The number of benzene rings is 2. The second kappa shape index (κ2) is 6.31. The van der Waals surface area contributed by atoms with Gasteiger partial charge in [-0.25, -0.2) is 0 Å². The van der Waals surface area contributed by atoms with Crippen LogP contribution in [0.3, 0.4) is 0 Å². The number of carboxylic acids is 1. The van der Waals surface area contributed by atoms with Crippen LogP contribution in [-0.4, -0.2) is 11.1 Å². The number of aliphatic carboxylic acids is 1. The third kappa shape index (κ3) is 2.99. The van der Waals surface area contributed by atoms with Crippen molar-refractivity contribution in [3.8, 4) is 11.1 Å². The Morgan fingerprint density at radius 3 is 2.38 bits per heavy atom. The highest BCUT2D eigenvalue weighted by atomic mass is 16.4. The van der Waals surface area contributed by atoms with Crippen LogP contribution in [0, 0.1) is 0 Å². The molecule has 0 bridgehead atoms. The fourth-order valence-corrected chi connectivity index (χ4v) is 2.58. The third-order valence-corrected chi connectivity index (χ3v) is 3.63. The molecule has 0 saturated heterocycles. The van der Waals surface area contributed by atoms with E-state index in [4.69, 9.17) is 11.5 Å². The average Bonchev–Trinajstić information content (AvgIpc) is 2.48. The molecule has 4 heteroatoms. The first-order chi connectivity index (χ1) is 10.1. The lowest BCUT2D eigenvalue weighted by molar-refractivity contribution is -0.138. The maximum atomic E-state index is 11.6. The van der Waals surface area contributed by atoms with Crippen LogP contribution in [0.1, 0.15) is 31.2 Å². The van der Waals surface area contributed by atoms with Gasteiger partial charge in [0.15, 0.2) is 0 Å². The Bertz CT molecular complexity index is 639. The standard InChI is InChI=1S/C17H20N2O2/c1-2-6-13(17(20)21)15-12(9-10-14(18)16(15)19)11-7-4-3-5-8-11/h3-5,7-10,13H,2,6,18-19H2,1H3,(H,20,21). The summed E-state index contributed by atoms with van der Waals surface area (Å²) in [5.74, 6) is -1.51. The zero-order valence-electron chi connectivity index (χ0n) is 12.0. The molecule has 2 aromatic rings. The molecular weight excluding hydrogens is 264 g/mol. The van der Waals surface area contributed by atoms with Gasteiger partial charge in [-0.1, -0.05) is 49.7 Å². The molecule has 1 unspecified atom stereocenters. The Labute approximate surface area is 124 Å².